The Morgan fingerprint density at radius 1 is 0.460 bits per heavy atom. The van der Waals surface area contributed by atoms with Crippen LogP contribution in [0.5, 0.6) is 0 Å². The largest absolute Gasteiger partial charge is 0.455 e. The molecular formula is C45H28N4O. The molecule has 0 atom stereocenters. The number of rotatable bonds is 5. The van der Waals surface area contributed by atoms with Crippen molar-refractivity contribution in [1.29, 1.82) is 0 Å². The Bertz CT molecular complexity index is 3310. The molecule has 0 aliphatic carbocycles. The lowest BCUT2D eigenvalue weighted by molar-refractivity contribution is 0.670. The van der Waals surface area contributed by atoms with Crippen molar-refractivity contribution >= 4 is 43.7 Å². The van der Waals surface area contributed by atoms with Crippen molar-refractivity contribution in [2.24, 2.45) is 0 Å². The molecular weight excluding hydrogens is 613 g/mol. The predicted octanol–water partition coefficient (Wildman–Crippen LogP) is 11.5. The molecule has 0 saturated heterocycles. The van der Waals surface area contributed by atoms with Gasteiger partial charge >= 0.3 is 0 Å². The van der Waals surface area contributed by atoms with E-state index in [4.69, 9.17) is 29.0 Å². The van der Waals surface area contributed by atoms with Gasteiger partial charge in [-0.25, -0.2) is 15.0 Å². The lowest BCUT2D eigenvalue weighted by Crippen LogP contribution is -2.04. The van der Waals surface area contributed by atoms with E-state index in [1.807, 2.05) is 60.7 Å². The van der Waals surface area contributed by atoms with Crippen LogP contribution in [0.1, 0.15) is 13.7 Å². The molecule has 5 heteroatoms. The lowest BCUT2D eigenvalue weighted by Gasteiger charge is -2.16. The summed E-state index contributed by atoms with van der Waals surface area (Å²) in [5.41, 5.74) is 3.26. The summed E-state index contributed by atoms with van der Waals surface area (Å²) < 4.78 is 96.5. The summed E-state index contributed by atoms with van der Waals surface area (Å²) in [4.78, 5) is 14.8. The van der Waals surface area contributed by atoms with Gasteiger partial charge in [0.05, 0.1) is 30.4 Å². The van der Waals surface area contributed by atoms with Crippen LogP contribution < -0.4 is 0 Å². The van der Waals surface area contributed by atoms with Gasteiger partial charge in [0.1, 0.15) is 11.2 Å². The third kappa shape index (κ3) is 4.52. The van der Waals surface area contributed by atoms with Crippen molar-refractivity contribution in [1.82, 2.24) is 19.5 Å². The van der Waals surface area contributed by atoms with E-state index in [0.29, 0.717) is 44.7 Å². The van der Waals surface area contributed by atoms with Crippen LogP contribution in [0.4, 0.5) is 0 Å². The van der Waals surface area contributed by atoms with Crippen molar-refractivity contribution in [2.75, 3.05) is 0 Å². The van der Waals surface area contributed by atoms with E-state index in [0.717, 1.165) is 0 Å². The first kappa shape index (κ1) is 19.8. The summed E-state index contributed by atoms with van der Waals surface area (Å²) in [6.45, 7) is 0. The van der Waals surface area contributed by atoms with Gasteiger partial charge in [-0.2, -0.15) is 0 Å². The minimum atomic E-state index is -0.279. The Morgan fingerprint density at radius 3 is 1.76 bits per heavy atom. The first-order chi connectivity index (χ1) is 28.9. The molecule has 3 aromatic heterocycles. The van der Waals surface area contributed by atoms with Crippen LogP contribution in [0.3, 0.4) is 0 Å². The van der Waals surface area contributed by atoms with E-state index in [2.05, 4.69) is 0 Å². The Kier molecular flexibility index (Phi) is 4.52. The van der Waals surface area contributed by atoms with Crippen molar-refractivity contribution < 1.29 is 18.1 Å². The summed E-state index contributed by atoms with van der Waals surface area (Å²) in [6.07, 6.45) is 0. The van der Waals surface area contributed by atoms with Crippen molar-refractivity contribution in [3.05, 3.63) is 170 Å². The number of hydrogen-bond donors (Lipinski definition) is 0. The molecule has 0 saturated carbocycles. The highest BCUT2D eigenvalue weighted by atomic mass is 16.3. The summed E-state index contributed by atoms with van der Waals surface area (Å²) in [7, 11) is 0. The quantitative estimate of drug-likeness (QED) is 0.186. The molecule has 0 fully saturated rings. The second kappa shape index (κ2) is 11.4. The predicted molar refractivity (Wildman–Crippen MR) is 203 cm³/mol. The highest BCUT2D eigenvalue weighted by Gasteiger charge is 2.21. The smallest absolute Gasteiger partial charge is 0.166 e. The van der Waals surface area contributed by atoms with Crippen LogP contribution in [0, 0.1) is 0 Å². The standard InChI is InChI=1S/C45H28N4O/c1-3-14-29(15-4-1)43-46-44(30-16-5-2-6-17-30)48-45(47-43)37-27-26-31(32-21-13-22-36-35-20-9-12-25-41(35)50-42(32)36)28-40(37)49-38-23-10-7-18-33(38)34-19-8-11-24-39(34)49/h1-28H/i7D,8D,9D,13D,18D,19D,21D,23D,24D,25D. The van der Waals surface area contributed by atoms with Gasteiger partial charge < -0.3 is 8.98 Å². The first-order valence-corrected chi connectivity index (χ1v) is 15.9. The van der Waals surface area contributed by atoms with Gasteiger partial charge in [0.25, 0.3) is 0 Å². The van der Waals surface area contributed by atoms with E-state index in [9.17, 15) is 4.11 Å². The SMILES string of the molecule is [2H]c1cc([2H])c2oc3c(-c4ccc(-c5nc(-c6ccccc6)nc(-c6ccccc6)n5)c(-n5c6c([2H])cc([2H])c([2H])c6c6c([2H])c([2H])cc([2H])c65)c4)c([2H])c([2H])cc3c2c1. The van der Waals surface area contributed by atoms with Gasteiger partial charge in [-0.3, -0.25) is 0 Å². The minimum Gasteiger partial charge on any atom is -0.455 e. The number of fused-ring (bicyclic) bond motifs is 6. The summed E-state index contributed by atoms with van der Waals surface area (Å²) in [6, 6.07) is 29.0. The molecule has 0 amide bonds. The van der Waals surface area contributed by atoms with E-state index >= 15 is 0 Å². The monoisotopic (exact) mass is 650 g/mol. The van der Waals surface area contributed by atoms with Gasteiger partial charge in [0.2, 0.25) is 0 Å². The van der Waals surface area contributed by atoms with E-state index in [1.54, 1.807) is 28.8 Å². The molecule has 5 nitrogen and oxygen atoms in total. The zero-order valence-electron chi connectivity index (χ0n) is 36.1. The molecule has 10 aromatic rings. The van der Waals surface area contributed by atoms with E-state index in [-0.39, 0.29) is 110 Å². The van der Waals surface area contributed by atoms with Gasteiger partial charge in [0.15, 0.2) is 17.5 Å². The molecule has 3 heterocycles. The molecule has 0 aliphatic rings. The Balaban J connectivity index is 1.38. The zero-order valence-corrected chi connectivity index (χ0v) is 26.1. The lowest BCUT2D eigenvalue weighted by atomic mass is 9.99. The molecule has 0 spiro atoms. The number of hydrogen-bond acceptors (Lipinski definition) is 4. The second-order valence-corrected chi connectivity index (χ2v) is 11.6. The fourth-order valence-corrected chi connectivity index (χ4v) is 6.45. The summed E-state index contributed by atoms with van der Waals surface area (Å²) in [5.74, 6) is 0.913. The van der Waals surface area contributed by atoms with Crippen molar-refractivity contribution in [3.63, 3.8) is 0 Å². The maximum atomic E-state index is 9.24. The molecule has 50 heavy (non-hydrogen) atoms. The summed E-state index contributed by atoms with van der Waals surface area (Å²) in [5, 5.41) is 0.999. The van der Waals surface area contributed by atoms with E-state index in [1.165, 1.54) is 24.3 Å². The third-order valence-electron chi connectivity index (χ3n) is 8.73. The van der Waals surface area contributed by atoms with E-state index < -0.39 is 0 Å². The van der Waals surface area contributed by atoms with Gasteiger partial charge in [-0.15, -0.1) is 0 Å². The van der Waals surface area contributed by atoms with Crippen LogP contribution >= 0.6 is 0 Å². The van der Waals surface area contributed by atoms with Crippen LogP contribution in [0.2, 0.25) is 0 Å². The first-order valence-electron chi connectivity index (χ1n) is 20.9. The summed E-state index contributed by atoms with van der Waals surface area (Å²) >= 11 is 0. The molecule has 0 N–H and O–H groups in total. The number of para-hydroxylation sites is 4. The van der Waals surface area contributed by atoms with Gasteiger partial charge in [-0.05, 0) is 35.8 Å². The maximum Gasteiger partial charge on any atom is 0.166 e. The molecule has 0 aliphatic heterocycles. The fourth-order valence-electron chi connectivity index (χ4n) is 6.45. The minimum absolute atomic E-state index is 0.0248. The third-order valence-corrected chi connectivity index (χ3v) is 8.73. The van der Waals surface area contributed by atoms with Crippen LogP contribution in [0.15, 0.2) is 174 Å². The van der Waals surface area contributed by atoms with Crippen LogP contribution in [-0.4, -0.2) is 19.5 Å². The van der Waals surface area contributed by atoms with Crippen molar-refractivity contribution in [3.8, 4) is 51.0 Å². The number of nitrogens with zero attached hydrogens (tertiary/aromatic N) is 4. The average Bonchev–Trinajstić information content (AvgIpc) is 3.80. The average molecular weight is 651 g/mol. The number of furan rings is 1. The highest BCUT2D eigenvalue weighted by Crippen LogP contribution is 2.41. The highest BCUT2D eigenvalue weighted by molar-refractivity contribution is 6.11. The number of aromatic nitrogens is 4. The van der Waals surface area contributed by atoms with Crippen LogP contribution in [0.25, 0.3) is 94.7 Å². The van der Waals surface area contributed by atoms with Crippen LogP contribution in [-0.2, 0) is 0 Å². The van der Waals surface area contributed by atoms with Gasteiger partial charge in [0, 0.05) is 43.8 Å². The molecule has 10 rings (SSSR count). The molecule has 0 radical (unpaired) electrons. The molecule has 0 unspecified atom stereocenters. The Morgan fingerprint density at radius 2 is 1.08 bits per heavy atom. The maximum absolute atomic E-state index is 9.24. The molecule has 0 bridgehead atoms. The fraction of sp³-hybridized carbons (Fsp3) is 0. The zero-order chi connectivity index (χ0) is 41.7. The Labute approximate surface area is 301 Å². The normalized spacial score (nSPS) is 14.4. The number of benzene rings is 7. The van der Waals surface area contributed by atoms with Gasteiger partial charge in [-0.1, -0.05) is 139 Å². The second-order valence-electron chi connectivity index (χ2n) is 11.6. The molecule has 7 aromatic carbocycles. The molecule has 234 valence electrons. The topological polar surface area (TPSA) is 56.7 Å². The Hall–Kier alpha value is -6.85. The van der Waals surface area contributed by atoms with Crippen molar-refractivity contribution in [2.45, 2.75) is 0 Å².